The van der Waals surface area contributed by atoms with Gasteiger partial charge in [0.25, 0.3) is 11.8 Å². The van der Waals surface area contributed by atoms with Crippen LogP contribution in [0.5, 0.6) is 0 Å². The van der Waals surface area contributed by atoms with Gasteiger partial charge in [0.1, 0.15) is 0 Å². The summed E-state index contributed by atoms with van der Waals surface area (Å²) in [6, 6.07) is 39.5. The van der Waals surface area contributed by atoms with Crippen LogP contribution in [0, 0.1) is 0 Å². The molecule has 0 saturated carbocycles. The maximum absolute atomic E-state index is 12.7. The average Bonchev–Trinajstić information content (AvgIpc) is 3.09. The molecule has 0 aliphatic rings. The molecule has 0 fully saturated rings. The fourth-order valence-corrected chi connectivity index (χ4v) is 5.83. The first-order valence-corrected chi connectivity index (χ1v) is 16.3. The lowest BCUT2D eigenvalue weighted by molar-refractivity contribution is 0.101. The van der Waals surface area contributed by atoms with Crippen LogP contribution in [0.3, 0.4) is 0 Å². The molecule has 5 aromatic rings. The van der Waals surface area contributed by atoms with E-state index in [1.165, 1.54) is 11.1 Å². The normalized spacial score (nSPS) is 11.6. The quantitative estimate of drug-likeness (QED) is 0.148. The maximum atomic E-state index is 12.7. The number of rotatable bonds is 10. The molecule has 0 aliphatic heterocycles. The topological polar surface area (TPSA) is 58.2 Å². The van der Waals surface area contributed by atoms with E-state index in [2.05, 4.69) is 86.9 Å². The van der Waals surface area contributed by atoms with E-state index in [1.54, 1.807) is 24.3 Å². The Labute approximate surface area is 281 Å². The number of nitrogens with one attached hydrogen (secondary N) is 2. The van der Waals surface area contributed by atoms with Crippen molar-refractivity contribution in [2.45, 2.75) is 50.3 Å². The fraction of sp³-hybridized carbons (Fsp3) is 0.200. The van der Waals surface area contributed by atoms with Gasteiger partial charge in [-0.15, -0.1) is 23.2 Å². The van der Waals surface area contributed by atoms with Crippen LogP contribution >= 0.6 is 23.2 Å². The SMILES string of the molecule is CC(C)(c1ccc(NC(=O)c2ccc(CCl)cc2)cc1)c1ccc(C(C)(C)c2ccc(NC(=O)c3ccc(CCl)cc3)cc2)cc1. The second-order valence-corrected chi connectivity index (χ2v) is 13.1. The van der Waals surface area contributed by atoms with Crippen LogP contribution in [0.1, 0.15) is 81.8 Å². The molecule has 234 valence electrons. The molecule has 5 rings (SSSR count). The lowest BCUT2D eigenvalue weighted by atomic mass is 9.74. The third kappa shape index (κ3) is 7.36. The van der Waals surface area contributed by atoms with Gasteiger partial charge in [0.05, 0.1) is 0 Å². The molecule has 0 aliphatic carbocycles. The number of anilines is 2. The number of carbonyl (C=O) groups excluding carboxylic acids is 2. The number of alkyl halides is 2. The van der Waals surface area contributed by atoms with Gasteiger partial charge >= 0.3 is 0 Å². The molecule has 0 saturated heterocycles. The fourth-order valence-electron chi connectivity index (χ4n) is 5.47. The van der Waals surface area contributed by atoms with Gasteiger partial charge in [-0.25, -0.2) is 0 Å². The van der Waals surface area contributed by atoms with E-state index in [-0.39, 0.29) is 22.6 Å². The van der Waals surface area contributed by atoms with Gasteiger partial charge < -0.3 is 10.6 Å². The Morgan fingerprint density at radius 2 is 0.717 bits per heavy atom. The molecule has 2 amide bonds. The zero-order valence-electron chi connectivity index (χ0n) is 26.5. The summed E-state index contributed by atoms with van der Waals surface area (Å²) in [6.45, 7) is 8.83. The van der Waals surface area contributed by atoms with Gasteiger partial charge in [0.15, 0.2) is 0 Å². The number of benzene rings is 5. The number of hydrogen-bond donors (Lipinski definition) is 2. The van der Waals surface area contributed by atoms with Gasteiger partial charge in [-0.05, 0) is 81.9 Å². The molecule has 0 spiro atoms. The molecule has 0 heterocycles. The van der Waals surface area contributed by atoms with Gasteiger partial charge in [-0.3, -0.25) is 9.59 Å². The molecule has 0 radical (unpaired) electrons. The molecule has 4 nitrogen and oxygen atoms in total. The van der Waals surface area contributed by atoms with Crippen molar-refractivity contribution < 1.29 is 9.59 Å². The summed E-state index contributed by atoms with van der Waals surface area (Å²) in [5.41, 5.74) is 8.83. The number of halogens is 2. The van der Waals surface area contributed by atoms with Crippen LogP contribution in [-0.4, -0.2) is 11.8 Å². The minimum atomic E-state index is -0.243. The van der Waals surface area contributed by atoms with Crippen molar-refractivity contribution in [3.05, 3.63) is 166 Å². The molecular formula is C40H38Cl2N2O2. The number of amides is 2. The predicted molar refractivity (Wildman–Crippen MR) is 191 cm³/mol. The zero-order valence-corrected chi connectivity index (χ0v) is 28.0. The predicted octanol–water partition coefficient (Wildman–Crippen LogP) is 10.3. The van der Waals surface area contributed by atoms with Crippen LogP contribution in [-0.2, 0) is 22.6 Å². The van der Waals surface area contributed by atoms with Gasteiger partial charge in [-0.2, -0.15) is 0 Å². The van der Waals surface area contributed by atoms with Gasteiger partial charge in [0.2, 0.25) is 0 Å². The van der Waals surface area contributed by atoms with E-state index in [0.717, 1.165) is 33.6 Å². The van der Waals surface area contributed by atoms with Crippen LogP contribution in [0.2, 0.25) is 0 Å². The Morgan fingerprint density at radius 3 is 0.978 bits per heavy atom. The standard InChI is InChI=1S/C40H38Cl2N2O2/c1-39(2,33-17-21-35(22-18-33)43-37(45)29-9-5-27(25-41)6-10-29)31-13-15-32(16-14-31)40(3,4)34-19-23-36(24-20-34)44-38(46)30-11-7-28(26-42)8-12-30/h5-24H,25-26H2,1-4H3,(H,43,45)(H,44,46). The third-order valence-electron chi connectivity index (χ3n) is 8.80. The maximum Gasteiger partial charge on any atom is 0.255 e. The molecule has 6 heteroatoms. The minimum absolute atomic E-state index is 0.153. The molecule has 0 atom stereocenters. The monoisotopic (exact) mass is 648 g/mol. The molecule has 0 aromatic heterocycles. The lowest BCUT2D eigenvalue weighted by Crippen LogP contribution is -2.21. The second-order valence-electron chi connectivity index (χ2n) is 12.6. The smallest absolute Gasteiger partial charge is 0.255 e. The summed E-state index contributed by atoms with van der Waals surface area (Å²) >= 11 is 11.7. The van der Waals surface area contributed by atoms with E-state index < -0.39 is 0 Å². The van der Waals surface area contributed by atoms with Crippen molar-refractivity contribution in [3.8, 4) is 0 Å². The van der Waals surface area contributed by atoms with Crippen LogP contribution in [0.4, 0.5) is 11.4 Å². The van der Waals surface area contributed by atoms with Crippen LogP contribution < -0.4 is 10.6 Å². The van der Waals surface area contributed by atoms with Gasteiger partial charge in [0, 0.05) is 45.1 Å². The molecular weight excluding hydrogens is 611 g/mol. The van der Waals surface area contributed by atoms with Crippen LogP contribution in [0.15, 0.2) is 121 Å². The van der Waals surface area contributed by atoms with Crippen molar-refractivity contribution in [2.24, 2.45) is 0 Å². The summed E-state index contributed by atoms with van der Waals surface area (Å²) in [7, 11) is 0. The first-order chi connectivity index (χ1) is 22.0. The summed E-state index contributed by atoms with van der Waals surface area (Å²) in [5.74, 6) is 0.532. The zero-order chi connectivity index (χ0) is 32.9. The summed E-state index contributed by atoms with van der Waals surface area (Å²) in [4.78, 5) is 25.4. The summed E-state index contributed by atoms with van der Waals surface area (Å²) < 4.78 is 0. The molecule has 46 heavy (non-hydrogen) atoms. The molecule has 0 bridgehead atoms. The Morgan fingerprint density at radius 1 is 0.457 bits per heavy atom. The van der Waals surface area contributed by atoms with Crippen molar-refractivity contribution >= 4 is 46.4 Å². The highest BCUT2D eigenvalue weighted by Gasteiger charge is 2.27. The highest BCUT2D eigenvalue weighted by molar-refractivity contribution is 6.17. The van der Waals surface area contributed by atoms with Crippen molar-refractivity contribution in [3.63, 3.8) is 0 Å². The second kappa shape index (κ2) is 13.9. The highest BCUT2D eigenvalue weighted by Crippen LogP contribution is 2.36. The largest absolute Gasteiger partial charge is 0.322 e. The first-order valence-electron chi connectivity index (χ1n) is 15.3. The Kier molecular flexibility index (Phi) is 10.0. The Balaban J connectivity index is 1.24. The van der Waals surface area contributed by atoms with Crippen molar-refractivity contribution in [1.29, 1.82) is 0 Å². The van der Waals surface area contributed by atoms with Crippen molar-refractivity contribution in [2.75, 3.05) is 10.6 Å². The highest BCUT2D eigenvalue weighted by atomic mass is 35.5. The minimum Gasteiger partial charge on any atom is -0.322 e. The van der Waals surface area contributed by atoms with E-state index in [0.29, 0.717) is 22.9 Å². The molecule has 5 aromatic carbocycles. The van der Waals surface area contributed by atoms with Crippen molar-refractivity contribution in [1.82, 2.24) is 0 Å². The molecule has 0 unspecified atom stereocenters. The number of carbonyl (C=O) groups is 2. The Bertz CT molecular complexity index is 1660. The van der Waals surface area contributed by atoms with E-state index in [1.807, 2.05) is 48.5 Å². The average molecular weight is 650 g/mol. The third-order valence-corrected chi connectivity index (χ3v) is 9.42. The van der Waals surface area contributed by atoms with E-state index in [4.69, 9.17) is 23.2 Å². The van der Waals surface area contributed by atoms with Crippen LogP contribution in [0.25, 0.3) is 0 Å². The van der Waals surface area contributed by atoms with E-state index in [9.17, 15) is 9.59 Å². The molecule has 2 N–H and O–H groups in total. The Hall–Kier alpha value is -4.38. The number of hydrogen-bond acceptors (Lipinski definition) is 2. The summed E-state index contributed by atoms with van der Waals surface area (Å²) in [5, 5.41) is 5.96. The van der Waals surface area contributed by atoms with Gasteiger partial charge in [-0.1, -0.05) is 100 Å². The first kappa shape index (κ1) is 33.0. The lowest BCUT2D eigenvalue weighted by Gasteiger charge is -2.30. The van der Waals surface area contributed by atoms with E-state index >= 15 is 0 Å². The summed E-state index contributed by atoms with van der Waals surface area (Å²) in [6.07, 6.45) is 0.